The summed E-state index contributed by atoms with van der Waals surface area (Å²) in [6.07, 6.45) is 0. The Labute approximate surface area is 109 Å². The smallest absolute Gasteiger partial charge is 0.0414 e. The SMILES string of the molecule is CCN1c2ccc3ccccc3c2C(C)(C)C1C. The van der Waals surface area contributed by atoms with Crippen LogP contribution in [-0.4, -0.2) is 12.6 Å². The minimum Gasteiger partial charge on any atom is -0.368 e. The van der Waals surface area contributed by atoms with Crippen LogP contribution >= 0.6 is 0 Å². The zero-order chi connectivity index (χ0) is 12.9. The normalized spacial score (nSPS) is 21.3. The van der Waals surface area contributed by atoms with Crippen LogP contribution in [0.25, 0.3) is 10.8 Å². The van der Waals surface area contributed by atoms with Crippen LogP contribution in [0.2, 0.25) is 0 Å². The Balaban J connectivity index is 2.37. The van der Waals surface area contributed by atoms with Crippen molar-refractivity contribution >= 4 is 16.5 Å². The molecule has 0 amide bonds. The zero-order valence-corrected chi connectivity index (χ0v) is 11.7. The van der Waals surface area contributed by atoms with E-state index in [1.165, 1.54) is 22.0 Å². The molecule has 18 heavy (non-hydrogen) atoms. The van der Waals surface area contributed by atoms with Crippen LogP contribution in [0.4, 0.5) is 5.69 Å². The largest absolute Gasteiger partial charge is 0.368 e. The van der Waals surface area contributed by atoms with Gasteiger partial charge in [-0.25, -0.2) is 0 Å². The van der Waals surface area contributed by atoms with Gasteiger partial charge < -0.3 is 4.90 Å². The van der Waals surface area contributed by atoms with Gasteiger partial charge in [0.05, 0.1) is 0 Å². The van der Waals surface area contributed by atoms with Gasteiger partial charge in [0.15, 0.2) is 0 Å². The molecule has 1 heterocycles. The Morgan fingerprint density at radius 1 is 1.11 bits per heavy atom. The lowest BCUT2D eigenvalue weighted by Crippen LogP contribution is -2.38. The maximum absolute atomic E-state index is 2.53. The molecule has 1 aliphatic rings. The summed E-state index contributed by atoms with van der Waals surface area (Å²) in [7, 11) is 0. The summed E-state index contributed by atoms with van der Waals surface area (Å²) in [6, 6.07) is 13.9. The average Bonchev–Trinajstić information content (AvgIpc) is 2.57. The van der Waals surface area contributed by atoms with Crippen molar-refractivity contribution in [1.29, 1.82) is 0 Å². The summed E-state index contributed by atoms with van der Waals surface area (Å²) in [6.45, 7) is 10.4. The third-order valence-corrected chi connectivity index (χ3v) is 4.71. The maximum Gasteiger partial charge on any atom is 0.0414 e. The lowest BCUT2D eigenvalue weighted by molar-refractivity contribution is 0.447. The number of nitrogens with zero attached hydrogens (tertiary/aromatic N) is 1. The van der Waals surface area contributed by atoms with E-state index in [1.807, 2.05) is 0 Å². The molecule has 1 atom stereocenters. The molecule has 1 nitrogen and oxygen atoms in total. The van der Waals surface area contributed by atoms with Gasteiger partial charge in [0, 0.05) is 23.7 Å². The van der Waals surface area contributed by atoms with Crippen molar-refractivity contribution in [3.63, 3.8) is 0 Å². The number of fused-ring (bicyclic) bond motifs is 3. The molecule has 1 heteroatoms. The van der Waals surface area contributed by atoms with Crippen LogP contribution in [0.1, 0.15) is 33.3 Å². The van der Waals surface area contributed by atoms with E-state index in [9.17, 15) is 0 Å². The molecule has 3 rings (SSSR count). The first-order valence-corrected chi connectivity index (χ1v) is 6.86. The molecule has 1 aliphatic heterocycles. The Kier molecular flexibility index (Phi) is 2.41. The lowest BCUT2D eigenvalue weighted by atomic mass is 9.79. The number of hydrogen-bond acceptors (Lipinski definition) is 1. The first-order valence-electron chi connectivity index (χ1n) is 6.86. The van der Waals surface area contributed by atoms with Crippen LogP contribution in [0.3, 0.4) is 0 Å². The van der Waals surface area contributed by atoms with Gasteiger partial charge >= 0.3 is 0 Å². The fourth-order valence-electron chi connectivity index (χ4n) is 3.43. The highest BCUT2D eigenvalue weighted by Gasteiger charge is 2.42. The minimum atomic E-state index is 0.214. The van der Waals surface area contributed by atoms with Gasteiger partial charge in [-0.15, -0.1) is 0 Å². The fraction of sp³-hybridized carbons (Fsp3) is 0.412. The maximum atomic E-state index is 2.53. The van der Waals surface area contributed by atoms with Crippen molar-refractivity contribution in [2.75, 3.05) is 11.4 Å². The fourth-order valence-corrected chi connectivity index (χ4v) is 3.43. The molecule has 0 bridgehead atoms. The van der Waals surface area contributed by atoms with Crippen molar-refractivity contribution in [2.24, 2.45) is 0 Å². The molecule has 1 unspecified atom stereocenters. The number of hydrogen-bond donors (Lipinski definition) is 0. The van der Waals surface area contributed by atoms with Crippen molar-refractivity contribution in [2.45, 2.75) is 39.2 Å². The third-order valence-electron chi connectivity index (χ3n) is 4.71. The van der Waals surface area contributed by atoms with Gasteiger partial charge in [0.2, 0.25) is 0 Å². The Morgan fingerprint density at radius 2 is 1.83 bits per heavy atom. The molecule has 0 spiro atoms. The van der Waals surface area contributed by atoms with E-state index in [-0.39, 0.29) is 5.41 Å². The monoisotopic (exact) mass is 239 g/mol. The van der Waals surface area contributed by atoms with Gasteiger partial charge in [-0.2, -0.15) is 0 Å². The van der Waals surface area contributed by atoms with Crippen molar-refractivity contribution in [3.8, 4) is 0 Å². The summed E-state index contributed by atoms with van der Waals surface area (Å²) < 4.78 is 0. The summed E-state index contributed by atoms with van der Waals surface area (Å²) >= 11 is 0. The predicted molar refractivity (Wildman–Crippen MR) is 79.5 cm³/mol. The van der Waals surface area contributed by atoms with E-state index in [4.69, 9.17) is 0 Å². The molecule has 0 saturated carbocycles. The molecule has 2 aromatic carbocycles. The van der Waals surface area contributed by atoms with Crippen LogP contribution in [0, 0.1) is 0 Å². The predicted octanol–water partition coefficient (Wildman–Crippen LogP) is 4.35. The minimum absolute atomic E-state index is 0.214. The van der Waals surface area contributed by atoms with Crippen molar-refractivity contribution in [3.05, 3.63) is 42.0 Å². The first-order chi connectivity index (χ1) is 8.57. The molecule has 0 aromatic heterocycles. The van der Waals surface area contributed by atoms with Gasteiger partial charge in [0.25, 0.3) is 0 Å². The number of anilines is 1. The lowest BCUT2D eigenvalue weighted by Gasteiger charge is -2.30. The second-order valence-corrected chi connectivity index (χ2v) is 5.86. The Morgan fingerprint density at radius 3 is 2.56 bits per heavy atom. The van der Waals surface area contributed by atoms with E-state index in [0.717, 1.165) is 6.54 Å². The van der Waals surface area contributed by atoms with E-state index in [0.29, 0.717) is 6.04 Å². The number of benzene rings is 2. The topological polar surface area (TPSA) is 3.24 Å². The summed E-state index contributed by atoms with van der Waals surface area (Å²) in [5, 5.41) is 2.78. The molecule has 0 fully saturated rings. The second kappa shape index (κ2) is 3.74. The van der Waals surface area contributed by atoms with Gasteiger partial charge in [-0.05, 0) is 36.2 Å². The van der Waals surface area contributed by atoms with Crippen LogP contribution in [-0.2, 0) is 5.41 Å². The highest BCUT2D eigenvalue weighted by atomic mass is 15.2. The Hall–Kier alpha value is -1.50. The molecule has 0 N–H and O–H groups in total. The molecule has 2 aromatic rings. The molecule has 94 valence electrons. The van der Waals surface area contributed by atoms with E-state index >= 15 is 0 Å². The summed E-state index contributed by atoms with van der Waals surface area (Å²) in [4.78, 5) is 2.53. The molecule has 0 radical (unpaired) electrons. The zero-order valence-electron chi connectivity index (χ0n) is 11.7. The second-order valence-electron chi connectivity index (χ2n) is 5.86. The first kappa shape index (κ1) is 11.6. The molecule has 0 aliphatic carbocycles. The van der Waals surface area contributed by atoms with Crippen molar-refractivity contribution < 1.29 is 0 Å². The summed E-state index contributed by atoms with van der Waals surface area (Å²) in [5.41, 5.74) is 3.16. The van der Waals surface area contributed by atoms with Crippen LogP contribution < -0.4 is 4.90 Å². The Bertz CT molecular complexity index is 598. The number of rotatable bonds is 1. The van der Waals surface area contributed by atoms with Crippen LogP contribution in [0.15, 0.2) is 36.4 Å². The quantitative estimate of drug-likeness (QED) is 0.715. The highest BCUT2D eigenvalue weighted by molar-refractivity contribution is 5.93. The third kappa shape index (κ3) is 1.33. The van der Waals surface area contributed by atoms with E-state index in [2.05, 4.69) is 69.0 Å². The number of likely N-dealkylation sites (N-methyl/N-ethyl adjacent to an activating group) is 1. The molecular weight excluding hydrogens is 218 g/mol. The van der Waals surface area contributed by atoms with E-state index < -0.39 is 0 Å². The van der Waals surface area contributed by atoms with Gasteiger partial charge in [-0.3, -0.25) is 0 Å². The van der Waals surface area contributed by atoms with Crippen LogP contribution in [0.5, 0.6) is 0 Å². The average molecular weight is 239 g/mol. The van der Waals surface area contributed by atoms with E-state index in [1.54, 1.807) is 0 Å². The highest BCUT2D eigenvalue weighted by Crippen LogP contribution is 2.48. The van der Waals surface area contributed by atoms with Gasteiger partial charge in [0.1, 0.15) is 0 Å². The van der Waals surface area contributed by atoms with Gasteiger partial charge in [-0.1, -0.05) is 44.2 Å². The van der Waals surface area contributed by atoms with Crippen molar-refractivity contribution in [1.82, 2.24) is 0 Å². The molecule has 0 saturated heterocycles. The molecular formula is C17H21N. The summed E-state index contributed by atoms with van der Waals surface area (Å²) in [5.74, 6) is 0. The standard InChI is InChI=1S/C17H21N/c1-5-18-12(2)17(3,4)16-14-9-7-6-8-13(14)10-11-15(16)18/h6-12H,5H2,1-4H3.